The predicted octanol–water partition coefficient (Wildman–Crippen LogP) is 3.34. The van der Waals surface area contributed by atoms with E-state index in [9.17, 15) is 9.59 Å². The summed E-state index contributed by atoms with van der Waals surface area (Å²) < 4.78 is 10.3. The number of ether oxygens (including phenoxy) is 1. The van der Waals surface area contributed by atoms with Gasteiger partial charge in [-0.1, -0.05) is 6.58 Å². The molecule has 0 aromatic carbocycles. The molecule has 0 unspecified atom stereocenters. The fourth-order valence-electron chi connectivity index (χ4n) is 1.97. The number of nitrogens with zero attached hydrogens (tertiary/aromatic N) is 4. The molecule has 1 aliphatic rings. The molecule has 2 aromatic rings. The van der Waals surface area contributed by atoms with Crippen LogP contribution in [-0.2, 0) is 4.79 Å². The monoisotopic (exact) mass is 336 g/mol. The van der Waals surface area contributed by atoms with Crippen molar-refractivity contribution < 1.29 is 18.7 Å². The Morgan fingerprint density at radius 1 is 1.24 bits per heavy atom. The third-order valence-corrected chi connectivity index (χ3v) is 3.15. The molecule has 0 radical (unpaired) electrons. The summed E-state index contributed by atoms with van der Waals surface area (Å²) in [5.74, 6) is -0.672. The van der Waals surface area contributed by atoms with Gasteiger partial charge in [0.25, 0.3) is 0 Å². The van der Waals surface area contributed by atoms with Crippen LogP contribution in [0.2, 0.25) is 0 Å². The standard InChI is InChI=1S/C17H12N4O4/c1-10-7-12(8-11(2)16(10)22)20-21-15-4-3-13(24-15)17(23)25-14-5-6-18-9-19-14/h3-9H,1H2,2H3. The summed E-state index contributed by atoms with van der Waals surface area (Å²) in [6.45, 7) is 5.33. The molecule has 8 nitrogen and oxygen atoms in total. The minimum Gasteiger partial charge on any atom is -0.430 e. The van der Waals surface area contributed by atoms with Gasteiger partial charge in [0.2, 0.25) is 17.5 Å². The molecule has 1 aliphatic carbocycles. The average molecular weight is 336 g/mol. The number of ketones is 1. The molecule has 0 saturated heterocycles. The largest absolute Gasteiger partial charge is 0.430 e. The third-order valence-electron chi connectivity index (χ3n) is 3.15. The highest BCUT2D eigenvalue weighted by Crippen LogP contribution is 2.22. The van der Waals surface area contributed by atoms with E-state index in [1.165, 1.54) is 36.8 Å². The van der Waals surface area contributed by atoms with Gasteiger partial charge in [-0.15, -0.1) is 10.2 Å². The van der Waals surface area contributed by atoms with Crippen LogP contribution < -0.4 is 4.74 Å². The lowest BCUT2D eigenvalue weighted by Gasteiger charge is -2.06. The molecule has 0 bridgehead atoms. The molecule has 3 rings (SSSR count). The van der Waals surface area contributed by atoms with Crippen LogP contribution in [0.1, 0.15) is 17.5 Å². The summed E-state index contributed by atoms with van der Waals surface area (Å²) in [7, 11) is 0. The van der Waals surface area contributed by atoms with E-state index in [0.29, 0.717) is 16.8 Å². The summed E-state index contributed by atoms with van der Waals surface area (Å²) in [5, 5.41) is 7.87. The van der Waals surface area contributed by atoms with Crippen molar-refractivity contribution in [3.05, 3.63) is 72.1 Å². The number of carbonyl (C=O) groups excluding carboxylic acids is 2. The Hall–Kier alpha value is -3.68. The Morgan fingerprint density at radius 3 is 2.80 bits per heavy atom. The molecule has 0 N–H and O–H groups in total. The summed E-state index contributed by atoms with van der Waals surface area (Å²) >= 11 is 0. The van der Waals surface area contributed by atoms with E-state index in [1.54, 1.807) is 13.0 Å². The Bertz CT molecular complexity index is 939. The van der Waals surface area contributed by atoms with Crippen LogP contribution in [0.4, 0.5) is 5.88 Å². The first-order chi connectivity index (χ1) is 12.0. The first kappa shape index (κ1) is 16.2. The lowest BCUT2D eigenvalue weighted by molar-refractivity contribution is -0.112. The molecule has 2 aromatic heterocycles. The maximum Gasteiger partial charge on any atom is 0.381 e. The zero-order chi connectivity index (χ0) is 17.8. The number of Topliss-reactive ketones (excluding diaryl/α,β-unsaturated/α-hetero) is 1. The molecule has 0 amide bonds. The number of hydrogen-bond acceptors (Lipinski definition) is 8. The van der Waals surface area contributed by atoms with Crippen molar-refractivity contribution >= 4 is 17.6 Å². The third kappa shape index (κ3) is 3.81. The number of azo groups is 1. The fraction of sp³-hybridized carbons (Fsp3) is 0.0588. The van der Waals surface area contributed by atoms with Gasteiger partial charge in [-0.3, -0.25) is 4.79 Å². The second kappa shape index (κ2) is 6.83. The number of hydrogen-bond donors (Lipinski definition) is 0. The van der Waals surface area contributed by atoms with Crippen molar-refractivity contribution in [1.82, 2.24) is 9.97 Å². The Morgan fingerprint density at radius 2 is 2.08 bits per heavy atom. The zero-order valence-electron chi connectivity index (χ0n) is 13.2. The number of allylic oxidation sites excluding steroid dienone is 4. The van der Waals surface area contributed by atoms with Gasteiger partial charge in [0.05, 0.1) is 5.70 Å². The van der Waals surface area contributed by atoms with Gasteiger partial charge < -0.3 is 9.15 Å². The number of aromatic nitrogens is 2. The first-order valence-electron chi connectivity index (χ1n) is 7.16. The first-order valence-corrected chi connectivity index (χ1v) is 7.16. The van der Waals surface area contributed by atoms with Crippen molar-refractivity contribution in [2.24, 2.45) is 10.2 Å². The minimum absolute atomic E-state index is 0.0449. The highest BCUT2D eigenvalue weighted by molar-refractivity contribution is 6.10. The van der Waals surface area contributed by atoms with Crippen LogP contribution in [0, 0.1) is 0 Å². The second-order valence-electron chi connectivity index (χ2n) is 5.03. The highest BCUT2D eigenvalue weighted by atomic mass is 16.6. The molecular formula is C17H12N4O4. The average Bonchev–Trinajstić information content (AvgIpc) is 3.08. The van der Waals surface area contributed by atoms with E-state index in [-0.39, 0.29) is 23.3 Å². The molecule has 0 saturated carbocycles. The number of furan rings is 1. The lowest BCUT2D eigenvalue weighted by Crippen LogP contribution is -2.08. The van der Waals surface area contributed by atoms with E-state index < -0.39 is 5.97 Å². The topological polar surface area (TPSA) is 107 Å². The Labute approximate surface area is 142 Å². The quantitative estimate of drug-likeness (QED) is 0.481. The molecule has 0 aliphatic heterocycles. The Kier molecular flexibility index (Phi) is 4.42. The van der Waals surface area contributed by atoms with Crippen LogP contribution >= 0.6 is 0 Å². The normalized spacial score (nSPS) is 14.4. The van der Waals surface area contributed by atoms with Crippen LogP contribution in [0.25, 0.3) is 0 Å². The van der Waals surface area contributed by atoms with Crippen LogP contribution in [0.3, 0.4) is 0 Å². The number of carbonyl (C=O) groups is 2. The van der Waals surface area contributed by atoms with Crippen LogP contribution in [0.15, 0.2) is 80.9 Å². The van der Waals surface area contributed by atoms with Gasteiger partial charge >= 0.3 is 5.97 Å². The van der Waals surface area contributed by atoms with E-state index in [0.717, 1.165) is 0 Å². The molecule has 8 heteroatoms. The fourth-order valence-corrected chi connectivity index (χ4v) is 1.97. The highest BCUT2D eigenvalue weighted by Gasteiger charge is 2.16. The summed E-state index contributed by atoms with van der Waals surface area (Å²) in [5.41, 5.74) is 1.32. The molecule has 124 valence electrons. The van der Waals surface area contributed by atoms with Crippen LogP contribution in [0.5, 0.6) is 5.88 Å². The zero-order valence-corrected chi connectivity index (χ0v) is 13.2. The molecule has 0 spiro atoms. The minimum atomic E-state index is -0.716. The SMILES string of the molecule is C=C1C=C(N=Nc2ccc(C(=O)Oc3ccncn3)o2)C=C(C)C1=O. The second-order valence-corrected chi connectivity index (χ2v) is 5.03. The van der Waals surface area contributed by atoms with Crippen molar-refractivity contribution in [1.29, 1.82) is 0 Å². The molecular weight excluding hydrogens is 324 g/mol. The van der Waals surface area contributed by atoms with E-state index in [4.69, 9.17) is 9.15 Å². The van der Waals surface area contributed by atoms with Gasteiger partial charge in [-0.25, -0.2) is 14.8 Å². The van der Waals surface area contributed by atoms with Gasteiger partial charge in [-0.2, -0.15) is 0 Å². The maximum absolute atomic E-state index is 11.9. The Balaban J connectivity index is 1.70. The van der Waals surface area contributed by atoms with Crippen molar-refractivity contribution in [3.63, 3.8) is 0 Å². The van der Waals surface area contributed by atoms with Crippen LogP contribution in [-0.4, -0.2) is 21.7 Å². The van der Waals surface area contributed by atoms with Gasteiger partial charge in [-0.05, 0) is 30.7 Å². The molecule has 25 heavy (non-hydrogen) atoms. The molecule has 0 atom stereocenters. The van der Waals surface area contributed by atoms with E-state index in [1.807, 2.05) is 0 Å². The van der Waals surface area contributed by atoms with Gasteiger partial charge in [0.15, 0.2) is 5.78 Å². The summed E-state index contributed by atoms with van der Waals surface area (Å²) in [6.07, 6.45) is 5.82. The maximum atomic E-state index is 11.9. The van der Waals surface area contributed by atoms with Crippen molar-refractivity contribution in [2.75, 3.05) is 0 Å². The van der Waals surface area contributed by atoms with Crippen molar-refractivity contribution in [2.45, 2.75) is 6.92 Å². The number of rotatable bonds is 4. The summed E-state index contributed by atoms with van der Waals surface area (Å²) in [6, 6.07) is 4.33. The number of esters is 1. The predicted molar refractivity (Wildman–Crippen MR) is 86.2 cm³/mol. The van der Waals surface area contributed by atoms with E-state index >= 15 is 0 Å². The molecule has 0 fully saturated rings. The van der Waals surface area contributed by atoms with Gasteiger partial charge in [0.1, 0.15) is 6.33 Å². The molecule has 2 heterocycles. The smallest absolute Gasteiger partial charge is 0.381 e. The van der Waals surface area contributed by atoms with Crippen molar-refractivity contribution in [3.8, 4) is 5.88 Å². The van der Waals surface area contributed by atoms with Gasteiger partial charge in [0, 0.05) is 23.9 Å². The lowest BCUT2D eigenvalue weighted by atomic mass is 9.99. The van der Waals surface area contributed by atoms with E-state index in [2.05, 4.69) is 26.8 Å². The summed E-state index contributed by atoms with van der Waals surface area (Å²) in [4.78, 5) is 31.1.